The zero-order valence-electron chi connectivity index (χ0n) is 29.9. The lowest BCUT2D eigenvalue weighted by molar-refractivity contribution is 1.17. The number of nitrogens with zero attached hydrogens (tertiary/aromatic N) is 4. The zero-order chi connectivity index (χ0) is 37.0. The van der Waals surface area contributed by atoms with Crippen LogP contribution in [0, 0.1) is 0 Å². The van der Waals surface area contributed by atoms with Crippen molar-refractivity contribution in [1.82, 2.24) is 19.9 Å². The van der Waals surface area contributed by atoms with Crippen molar-refractivity contribution in [3.8, 4) is 67.5 Å². The molecule has 11 aromatic rings. The Morgan fingerprint density at radius 1 is 0.286 bits per heavy atom. The van der Waals surface area contributed by atoms with Gasteiger partial charge in [0.15, 0.2) is 11.6 Å². The number of aromatic nitrogens is 4. The van der Waals surface area contributed by atoms with Crippen LogP contribution in [0.1, 0.15) is 0 Å². The first-order valence-corrected chi connectivity index (χ1v) is 20.1. The molecule has 0 fully saturated rings. The van der Waals surface area contributed by atoms with Crippen molar-refractivity contribution in [3.05, 3.63) is 182 Å². The summed E-state index contributed by atoms with van der Waals surface area (Å²) in [6, 6.07) is 60.5. The van der Waals surface area contributed by atoms with Crippen LogP contribution >= 0.6 is 22.7 Å². The molecule has 56 heavy (non-hydrogen) atoms. The van der Waals surface area contributed by atoms with Gasteiger partial charge in [-0.15, -0.1) is 22.7 Å². The molecule has 0 bridgehead atoms. The van der Waals surface area contributed by atoms with Crippen LogP contribution in [-0.2, 0) is 0 Å². The van der Waals surface area contributed by atoms with Crippen LogP contribution in [-0.4, -0.2) is 19.9 Å². The van der Waals surface area contributed by atoms with Crippen LogP contribution in [0.25, 0.3) is 108 Å². The second kappa shape index (κ2) is 13.5. The molecule has 0 saturated carbocycles. The molecule has 4 heterocycles. The fraction of sp³-hybridized carbons (Fsp3) is 0. The SMILES string of the molecule is c1ccc(-c2nc(-c3ccc(-c4ncccn4)cc3)cc(-c3cc(-c4ccc5sc6ccccc6c5c4)cc(-c4ccc5sc6ccccc6c5c4)c3)n2)cc1. The minimum absolute atomic E-state index is 0.679. The Labute approximate surface area is 331 Å². The van der Waals surface area contributed by atoms with E-state index in [1.807, 2.05) is 46.9 Å². The summed E-state index contributed by atoms with van der Waals surface area (Å²) in [4.78, 5) is 19.3. The summed E-state index contributed by atoms with van der Waals surface area (Å²) in [6.07, 6.45) is 3.53. The van der Waals surface area contributed by atoms with Gasteiger partial charge in [-0.05, 0) is 89.0 Å². The van der Waals surface area contributed by atoms with Gasteiger partial charge in [0, 0.05) is 75.0 Å². The number of hydrogen-bond donors (Lipinski definition) is 0. The molecule has 6 heteroatoms. The van der Waals surface area contributed by atoms with E-state index in [4.69, 9.17) is 9.97 Å². The third-order valence-corrected chi connectivity index (χ3v) is 12.7. The number of hydrogen-bond acceptors (Lipinski definition) is 6. The predicted molar refractivity (Wildman–Crippen MR) is 236 cm³/mol. The van der Waals surface area contributed by atoms with Gasteiger partial charge < -0.3 is 0 Å². The fourth-order valence-electron chi connectivity index (χ4n) is 7.62. The molecule has 4 nitrogen and oxygen atoms in total. The van der Waals surface area contributed by atoms with Crippen molar-refractivity contribution >= 4 is 63.0 Å². The molecule has 0 N–H and O–H groups in total. The van der Waals surface area contributed by atoms with Crippen molar-refractivity contribution in [3.63, 3.8) is 0 Å². The van der Waals surface area contributed by atoms with E-state index >= 15 is 0 Å². The van der Waals surface area contributed by atoms with E-state index in [-0.39, 0.29) is 0 Å². The Kier molecular flexibility index (Phi) is 7.83. The quantitative estimate of drug-likeness (QED) is 0.170. The average Bonchev–Trinajstić information content (AvgIpc) is 3.84. The molecular formula is C50H30N4S2. The summed E-state index contributed by atoms with van der Waals surface area (Å²) in [5, 5.41) is 5.14. The molecule has 0 amide bonds. The van der Waals surface area contributed by atoms with Crippen LogP contribution in [0.4, 0.5) is 0 Å². The van der Waals surface area contributed by atoms with E-state index in [2.05, 4.69) is 156 Å². The lowest BCUT2D eigenvalue weighted by Crippen LogP contribution is -1.97. The van der Waals surface area contributed by atoms with Crippen molar-refractivity contribution in [2.75, 3.05) is 0 Å². The van der Waals surface area contributed by atoms with E-state index < -0.39 is 0 Å². The monoisotopic (exact) mass is 750 g/mol. The minimum atomic E-state index is 0.679. The van der Waals surface area contributed by atoms with Gasteiger partial charge in [-0.2, -0.15) is 0 Å². The number of benzene rings is 7. The molecule has 0 radical (unpaired) electrons. The molecule has 0 saturated heterocycles. The van der Waals surface area contributed by atoms with Gasteiger partial charge in [-0.3, -0.25) is 0 Å². The van der Waals surface area contributed by atoms with Crippen LogP contribution in [0.3, 0.4) is 0 Å². The fourth-order valence-corrected chi connectivity index (χ4v) is 9.79. The lowest BCUT2D eigenvalue weighted by Gasteiger charge is -2.14. The normalized spacial score (nSPS) is 11.6. The smallest absolute Gasteiger partial charge is 0.160 e. The summed E-state index contributed by atoms with van der Waals surface area (Å²) in [5.41, 5.74) is 10.3. The van der Waals surface area contributed by atoms with Gasteiger partial charge in [-0.25, -0.2) is 19.9 Å². The van der Waals surface area contributed by atoms with Crippen molar-refractivity contribution in [2.24, 2.45) is 0 Å². The number of fused-ring (bicyclic) bond motifs is 6. The first kappa shape index (κ1) is 32.6. The maximum atomic E-state index is 5.27. The van der Waals surface area contributed by atoms with Crippen molar-refractivity contribution < 1.29 is 0 Å². The Balaban J connectivity index is 1.11. The van der Waals surface area contributed by atoms with E-state index in [9.17, 15) is 0 Å². The standard InChI is InChI=1S/C50H30N4S2/c1-2-9-32(10-3-1)50-53-43(31-15-17-33(18-16-31)49-51-23-8-24-52-49)30-44(54-50)38-26-36(34-19-21-47-41(28-34)39-11-4-6-13-45(39)55-47)25-37(27-38)35-20-22-48-42(29-35)40-12-5-7-14-46(40)56-48/h1-30H. The van der Waals surface area contributed by atoms with Gasteiger partial charge >= 0.3 is 0 Å². The topological polar surface area (TPSA) is 51.6 Å². The average molecular weight is 751 g/mol. The summed E-state index contributed by atoms with van der Waals surface area (Å²) in [6.45, 7) is 0. The third kappa shape index (κ3) is 5.84. The second-order valence-corrected chi connectivity index (χ2v) is 16.1. The minimum Gasteiger partial charge on any atom is -0.237 e. The molecule has 0 aliphatic carbocycles. The summed E-state index contributed by atoms with van der Waals surface area (Å²) in [7, 11) is 0. The molecule has 0 aliphatic rings. The van der Waals surface area contributed by atoms with E-state index in [1.54, 1.807) is 12.4 Å². The Morgan fingerprint density at radius 2 is 0.750 bits per heavy atom. The van der Waals surface area contributed by atoms with Crippen LogP contribution < -0.4 is 0 Å². The molecule has 7 aromatic carbocycles. The highest BCUT2D eigenvalue weighted by Crippen LogP contribution is 2.41. The summed E-state index contributed by atoms with van der Waals surface area (Å²) in [5.74, 6) is 1.37. The largest absolute Gasteiger partial charge is 0.237 e. The molecule has 0 unspecified atom stereocenters. The molecule has 262 valence electrons. The predicted octanol–water partition coefficient (Wildman–Crippen LogP) is 14.0. The van der Waals surface area contributed by atoms with E-state index in [1.165, 1.54) is 51.5 Å². The summed E-state index contributed by atoms with van der Waals surface area (Å²) < 4.78 is 5.19. The highest BCUT2D eigenvalue weighted by Gasteiger charge is 2.16. The zero-order valence-corrected chi connectivity index (χ0v) is 31.6. The molecule has 0 spiro atoms. The molecule has 11 rings (SSSR count). The molecular weight excluding hydrogens is 721 g/mol. The number of rotatable bonds is 6. The van der Waals surface area contributed by atoms with Crippen molar-refractivity contribution in [2.45, 2.75) is 0 Å². The summed E-state index contributed by atoms with van der Waals surface area (Å²) >= 11 is 3.69. The first-order chi connectivity index (χ1) is 27.7. The second-order valence-electron chi connectivity index (χ2n) is 13.9. The Hall–Kier alpha value is -6.86. The molecule has 4 aromatic heterocycles. The maximum absolute atomic E-state index is 5.27. The molecule has 0 atom stereocenters. The van der Waals surface area contributed by atoms with Gasteiger partial charge in [0.2, 0.25) is 0 Å². The van der Waals surface area contributed by atoms with Gasteiger partial charge in [0.25, 0.3) is 0 Å². The first-order valence-electron chi connectivity index (χ1n) is 18.5. The highest BCUT2D eigenvalue weighted by molar-refractivity contribution is 7.26. The maximum Gasteiger partial charge on any atom is 0.160 e. The van der Waals surface area contributed by atoms with Gasteiger partial charge in [-0.1, -0.05) is 103 Å². The van der Waals surface area contributed by atoms with Crippen LogP contribution in [0.2, 0.25) is 0 Å². The van der Waals surface area contributed by atoms with Crippen molar-refractivity contribution in [1.29, 1.82) is 0 Å². The highest BCUT2D eigenvalue weighted by atomic mass is 32.1. The third-order valence-electron chi connectivity index (χ3n) is 10.4. The van der Waals surface area contributed by atoms with Gasteiger partial charge in [0.05, 0.1) is 11.4 Å². The van der Waals surface area contributed by atoms with Crippen LogP contribution in [0.5, 0.6) is 0 Å². The van der Waals surface area contributed by atoms with Gasteiger partial charge in [0.1, 0.15) is 0 Å². The Morgan fingerprint density at radius 3 is 1.36 bits per heavy atom. The van der Waals surface area contributed by atoms with E-state index in [0.717, 1.165) is 44.8 Å². The number of thiophene rings is 2. The van der Waals surface area contributed by atoms with Crippen LogP contribution in [0.15, 0.2) is 182 Å². The van der Waals surface area contributed by atoms with E-state index in [0.29, 0.717) is 11.6 Å². The lowest BCUT2D eigenvalue weighted by atomic mass is 9.93. The molecule has 0 aliphatic heterocycles. The Bertz CT molecular complexity index is 3110.